The molecule has 222 valence electrons. The second-order valence-electron chi connectivity index (χ2n) is 8.85. The van der Waals surface area contributed by atoms with Crippen LogP contribution in [0.25, 0.3) is 0 Å². The van der Waals surface area contributed by atoms with Gasteiger partial charge in [-0.1, -0.05) is 41.0 Å². The molecule has 4 rings (SSSR count). The highest BCUT2D eigenvalue weighted by molar-refractivity contribution is 8.15. The van der Waals surface area contributed by atoms with Crippen molar-refractivity contribution in [1.82, 2.24) is 4.90 Å². The molecule has 0 aromatic heterocycles. The maximum absolute atomic E-state index is 13.4. The molecule has 0 unspecified atom stereocenters. The largest absolute Gasteiger partial charge is 0.493 e. The molecule has 1 atom stereocenters. The zero-order chi connectivity index (χ0) is 30.4. The lowest BCUT2D eigenvalue weighted by Gasteiger charge is -2.32. The average Bonchev–Trinajstić information content (AvgIpc) is 2.94. The van der Waals surface area contributed by atoms with Crippen LogP contribution in [-0.4, -0.2) is 53.5 Å². The third kappa shape index (κ3) is 8.41. The number of amides is 2. The standard InChI is InChI=1S/C28H24Cl3F2N3O5S/c1-39-22-10-3-16(13-23(22)40-2)11-12-36-25(37)15-24(42-27(36)35-18-6-9-20(29)21(30)14-18)26(38)34-17-4-7-19(8-5-17)41-28(31,32)33/h3-10,13-14,24H,11-12,15H2,1-2H3,(H,34,38)/t24-/m0/s1. The van der Waals surface area contributed by atoms with Crippen LogP contribution in [0.5, 0.6) is 17.2 Å². The number of rotatable bonds is 10. The lowest BCUT2D eigenvalue weighted by molar-refractivity contribution is -0.129. The quantitative estimate of drug-likeness (QED) is 0.229. The van der Waals surface area contributed by atoms with Gasteiger partial charge in [0.2, 0.25) is 11.8 Å². The summed E-state index contributed by atoms with van der Waals surface area (Å²) in [5, 5.41) is 2.81. The maximum atomic E-state index is 13.4. The number of thioether (sulfide) groups is 1. The fourth-order valence-electron chi connectivity index (χ4n) is 3.97. The van der Waals surface area contributed by atoms with Crippen LogP contribution < -0.4 is 19.5 Å². The number of alkyl halides is 3. The van der Waals surface area contributed by atoms with Crippen LogP contribution in [-0.2, 0) is 16.0 Å². The predicted octanol–water partition coefficient (Wildman–Crippen LogP) is 7.38. The summed E-state index contributed by atoms with van der Waals surface area (Å²) in [6, 6.07) is 15.5. The first-order chi connectivity index (χ1) is 20.0. The zero-order valence-corrected chi connectivity index (χ0v) is 25.3. The normalized spacial score (nSPS) is 16.4. The minimum absolute atomic E-state index is 0.0947. The van der Waals surface area contributed by atoms with Crippen molar-refractivity contribution in [1.29, 1.82) is 0 Å². The number of nitrogens with zero attached hydrogens (tertiary/aromatic N) is 2. The van der Waals surface area contributed by atoms with Crippen molar-refractivity contribution in [3.8, 4) is 17.2 Å². The van der Waals surface area contributed by atoms with Crippen LogP contribution in [0, 0.1) is 0 Å². The molecule has 0 aliphatic carbocycles. The SMILES string of the molecule is COc1ccc(CCN2C(=O)C[C@@H](C(=O)Nc3ccc(OC(F)(F)Cl)cc3)SC2=Nc2ccc(Cl)c(Cl)c2)cc1OC. The molecule has 0 saturated carbocycles. The first kappa shape index (κ1) is 31.7. The number of methoxy groups -OCH3 is 2. The fourth-order valence-corrected chi connectivity index (χ4v) is 5.47. The number of amidine groups is 1. The number of carbonyl (C=O) groups is 2. The Labute approximate surface area is 259 Å². The van der Waals surface area contributed by atoms with E-state index in [2.05, 4.69) is 15.0 Å². The third-order valence-corrected chi connectivity index (χ3v) is 7.99. The molecule has 8 nitrogen and oxygen atoms in total. The van der Waals surface area contributed by atoms with Gasteiger partial charge in [0.1, 0.15) is 11.0 Å². The van der Waals surface area contributed by atoms with Crippen LogP contribution in [0.15, 0.2) is 65.7 Å². The van der Waals surface area contributed by atoms with Gasteiger partial charge in [-0.05, 0) is 66.6 Å². The lowest BCUT2D eigenvalue weighted by Crippen LogP contribution is -2.46. The highest BCUT2D eigenvalue weighted by Crippen LogP contribution is 2.34. The summed E-state index contributed by atoms with van der Waals surface area (Å²) in [4.78, 5) is 32.7. The highest BCUT2D eigenvalue weighted by Gasteiger charge is 2.36. The number of anilines is 1. The van der Waals surface area contributed by atoms with E-state index in [1.807, 2.05) is 12.1 Å². The van der Waals surface area contributed by atoms with Crippen molar-refractivity contribution < 1.29 is 32.6 Å². The van der Waals surface area contributed by atoms with E-state index in [0.29, 0.717) is 39.5 Å². The number of hydrogen-bond acceptors (Lipinski definition) is 7. The number of benzene rings is 3. The number of carbonyl (C=O) groups excluding carboxylic acids is 2. The van der Waals surface area contributed by atoms with E-state index >= 15 is 0 Å². The Morgan fingerprint density at radius 3 is 2.40 bits per heavy atom. The monoisotopic (exact) mass is 657 g/mol. The van der Waals surface area contributed by atoms with Crippen molar-refractivity contribution >= 4 is 74.9 Å². The first-order valence-corrected chi connectivity index (χ1v) is 14.4. The van der Waals surface area contributed by atoms with E-state index in [-0.39, 0.29) is 29.6 Å². The molecular weight excluding hydrogens is 635 g/mol. The van der Waals surface area contributed by atoms with E-state index in [1.165, 1.54) is 29.2 Å². The molecule has 0 radical (unpaired) electrons. The minimum atomic E-state index is -3.86. The topological polar surface area (TPSA) is 89.5 Å². The maximum Gasteiger partial charge on any atom is 0.487 e. The number of halogens is 5. The molecule has 1 aliphatic heterocycles. The molecule has 1 heterocycles. The van der Waals surface area contributed by atoms with E-state index in [1.54, 1.807) is 38.5 Å². The van der Waals surface area contributed by atoms with Gasteiger partial charge in [-0.25, -0.2) is 4.99 Å². The van der Waals surface area contributed by atoms with Crippen molar-refractivity contribution in [2.24, 2.45) is 4.99 Å². The summed E-state index contributed by atoms with van der Waals surface area (Å²) in [6.07, 6.45) is 0.377. The van der Waals surface area contributed by atoms with Gasteiger partial charge in [-0.2, -0.15) is 0 Å². The number of ether oxygens (including phenoxy) is 3. The zero-order valence-electron chi connectivity index (χ0n) is 22.2. The molecule has 3 aromatic carbocycles. The Morgan fingerprint density at radius 1 is 1.05 bits per heavy atom. The summed E-state index contributed by atoms with van der Waals surface area (Å²) >= 11 is 18.1. The predicted molar refractivity (Wildman–Crippen MR) is 161 cm³/mol. The van der Waals surface area contributed by atoms with Gasteiger partial charge in [0, 0.05) is 30.3 Å². The summed E-state index contributed by atoms with van der Waals surface area (Å²) in [5.74, 6) is 0.191. The van der Waals surface area contributed by atoms with Crippen molar-refractivity contribution in [2.75, 3.05) is 26.1 Å². The van der Waals surface area contributed by atoms with Crippen LogP contribution in [0.4, 0.5) is 20.2 Å². The first-order valence-electron chi connectivity index (χ1n) is 12.3. The number of aliphatic imine (C=N–C) groups is 1. The Kier molecular flexibility index (Phi) is 10.4. The molecule has 3 aromatic rings. The van der Waals surface area contributed by atoms with Crippen LogP contribution in [0.3, 0.4) is 0 Å². The molecule has 0 bridgehead atoms. The molecule has 1 fully saturated rings. The molecular formula is C28H24Cl3F2N3O5S. The minimum Gasteiger partial charge on any atom is -0.493 e. The number of hydrogen-bond donors (Lipinski definition) is 1. The van der Waals surface area contributed by atoms with Gasteiger partial charge < -0.3 is 19.5 Å². The van der Waals surface area contributed by atoms with Gasteiger partial charge >= 0.3 is 5.57 Å². The summed E-state index contributed by atoms with van der Waals surface area (Å²) in [7, 11) is 3.09. The summed E-state index contributed by atoms with van der Waals surface area (Å²) < 4.78 is 40.7. The van der Waals surface area contributed by atoms with Crippen molar-refractivity contribution in [3.05, 3.63) is 76.3 Å². The van der Waals surface area contributed by atoms with Crippen molar-refractivity contribution in [3.63, 3.8) is 0 Å². The van der Waals surface area contributed by atoms with Gasteiger partial charge in [-0.3, -0.25) is 14.5 Å². The van der Waals surface area contributed by atoms with E-state index in [0.717, 1.165) is 17.3 Å². The van der Waals surface area contributed by atoms with Crippen LogP contribution in [0.1, 0.15) is 12.0 Å². The number of nitrogens with one attached hydrogen (secondary N) is 1. The molecule has 1 aliphatic rings. The Hall–Kier alpha value is -3.25. The summed E-state index contributed by atoms with van der Waals surface area (Å²) in [6.45, 7) is 0.280. The van der Waals surface area contributed by atoms with Gasteiger partial charge in [0.05, 0.1) is 30.0 Å². The smallest absolute Gasteiger partial charge is 0.487 e. The Balaban J connectivity index is 1.53. The Bertz CT molecular complexity index is 1490. The fraction of sp³-hybridized carbons (Fsp3) is 0.250. The summed E-state index contributed by atoms with van der Waals surface area (Å²) in [5.41, 5.74) is -2.20. The highest BCUT2D eigenvalue weighted by atomic mass is 35.5. The van der Waals surface area contributed by atoms with Crippen LogP contribution >= 0.6 is 46.6 Å². The average molecular weight is 659 g/mol. The Morgan fingerprint density at radius 2 is 1.76 bits per heavy atom. The third-order valence-electron chi connectivity index (χ3n) is 5.99. The molecule has 14 heteroatoms. The lowest BCUT2D eigenvalue weighted by atomic mass is 10.1. The second kappa shape index (κ2) is 13.8. The van der Waals surface area contributed by atoms with E-state index in [9.17, 15) is 18.4 Å². The van der Waals surface area contributed by atoms with Gasteiger partial charge in [0.15, 0.2) is 16.7 Å². The van der Waals surface area contributed by atoms with Gasteiger partial charge in [-0.15, -0.1) is 8.78 Å². The molecule has 2 amide bonds. The molecule has 42 heavy (non-hydrogen) atoms. The molecule has 1 saturated heterocycles. The van der Waals surface area contributed by atoms with E-state index < -0.39 is 16.7 Å². The van der Waals surface area contributed by atoms with E-state index in [4.69, 9.17) is 44.3 Å². The second-order valence-corrected chi connectivity index (χ2v) is 11.3. The molecule has 0 spiro atoms. The molecule has 1 N–H and O–H groups in total. The van der Waals surface area contributed by atoms with Gasteiger partial charge in [0.25, 0.3) is 0 Å². The van der Waals surface area contributed by atoms with Crippen molar-refractivity contribution in [2.45, 2.75) is 23.7 Å². The van der Waals surface area contributed by atoms with Crippen LogP contribution in [0.2, 0.25) is 10.0 Å².